The van der Waals surface area contributed by atoms with Crippen molar-refractivity contribution >= 4 is 14.4 Å². The predicted molar refractivity (Wildman–Crippen MR) is 92.7 cm³/mol. The zero-order chi connectivity index (χ0) is 15.9. The lowest BCUT2D eigenvalue weighted by atomic mass is 10.2. The number of unbranched alkanes of at least 4 members (excludes halogenated alkanes) is 2. The summed E-state index contributed by atoms with van der Waals surface area (Å²) in [5.41, 5.74) is 0. The molecule has 0 aliphatic carbocycles. The Morgan fingerprint density at radius 3 is 2.57 bits per heavy atom. The highest BCUT2D eigenvalue weighted by molar-refractivity contribution is 6.74. The molecule has 0 N–H and O–H groups in total. The van der Waals surface area contributed by atoms with Gasteiger partial charge in [0, 0.05) is 6.61 Å². The van der Waals surface area contributed by atoms with E-state index in [1.165, 1.54) is 0 Å². The average molecular weight is 305 g/mol. The number of rotatable bonds is 7. The van der Waals surface area contributed by atoms with Crippen LogP contribution in [0.5, 0.6) is 0 Å². The summed E-state index contributed by atoms with van der Waals surface area (Å²) in [6, 6.07) is 3.71. The van der Waals surface area contributed by atoms with Crippen molar-refractivity contribution in [2.24, 2.45) is 0 Å². The summed E-state index contributed by atoms with van der Waals surface area (Å²) in [4.78, 5) is 0. The van der Waals surface area contributed by atoms with Crippen molar-refractivity contribution in [1.29, 1.82) is 0 Å². The van der Waals surface area contributed by atoms with Crippen LogP contribution in [0.4, 0.5) is 0 Å². The Labute approximate surface area is 130 Å². The van der Waals surface area contributed by atoms with E-state index in [2.05, 4.69) is 45.9 Å². The molecular weight excluding hydrogens is 276 g/mol. The monoisotopic (exact) mass is 304 g/mol. The average Bonchev–Trinajstić information content (AvgIpc) is 2.84. The second-order valence-electron chi connectivity index (χ2n) is 6.85. The molecule has 1 aromatic heterocycles. The first-order chi connectivity index (χ1) is 9.76. The Kier molecular flexibility index (Phi) is 6.51. The molecule has 1 heterocycles. The Morgan fingerprint density at radius 1 is 1.29 bits per heavy atom. The van der Waals surface area contributed by atoms with Gasteiger partial charge in [0.2, 0.25) is 0 Å². The fourth-order valence-corrected chi connectivity index (χ4v) is 2.72. The van der Waals surface area contributed by atoms with Gasteiger partial charge in [-0.2, -0.15) is 0 Å². The molecule has 0 aliphatic rings. The number of furan rings is 1. The Bertz CT molecular complexity index is 498. The Morgan fingerprint density at radius 2 is 2.00 bits per heavy atom. The molecule has 0 fully saturated rings. The van der Waals surface area contributed by atoms with E-state index < -0.39 is 8.32 Å². The molecule has 21 heavy (non-hydrogen) atoms. The van der Waals surface area contributed by atoms with Gasteiger partial charge in [0.1, 0.15) is 5.76 Å². The SMILES string of the molecule is C#Cc1ccc(/C=C\CCCCO[Si](C)(C)C(C)(C)C)o1. The summed E-state index contributed by atoms with van der Waals surface area (Å²) in [5.74, 6) is 3.88. The third kappa shape index (κ3) is 5.95. The van der Waals surface area contributed by atoms with Gasteiger partial charge in [0.25, 0.3) is 0 Å². The van der Waals surface area contributed by atoms with Crippen LogP contribution in [0.3, 0.4) is 0 Å². The molecule has 3 heteroatoms. The van der Waals surface area contributed by atoms with E-state index in [0.29, 0.717) is 10.8 Å². The van der Waals surface area contributed by atoms with Crippen LogP contribution in [-0.2, 0) is 4.43 Å². The molecule has 2 nitrogen and oxygen atoms in total. The van der Waals surface area contributed by atoms with Gasteiger partial charge in [-0.25, -0.2) is 0 Å². The van der Waals surface area contributed by atoms with E-state index in [0.717, 1.165) is 31.6 Å². The Hall–Kier alpha value is -1.24. The smallest absolute Gasteiger partial charge is 0.191 e. The van der Waals surface area contributed by atoms with Crippen molar-refractivity contribution < 1.29 is 8.84 Å². The summed E-state index contributed by atoms with van der Waals surface area (Å²) in [6.07, 6.45) is 12.6. The third-order valence-electron chi connectivity index (χ3n) is 4.09. The van der Waals surface area contributed by atoms with Crippen LogP contribution in [0.1, 0.15) is 51.6 Å². The standard InChI is InChI=1S/C18H28O2Si/c1-7-16-13-14-17(20-16)12-10-8-9-11-15-19-21(5,6)18(2,3)4/h1,10,12-14H,8-9,11,15H2,2-6H3/b12-10-. The maximum absolute atomic E-state index is 6.15. The minimum atomic E-state index is -1.58. The zero-order valence-corrected chi connectivity index (χ0v) is 15.0. The molecular formula is C18H28O2Si. The van der Waals surface area contributed by atoms with Gasteiger partial charge in [0.05, 0.1) is 0 Å². The van der Waals surface area contributed by atoms with Crippen molar-refractivity contribution in [3.63, 3.8) is 0 Å². The minimum Gasteiger partial charge on any atom is -0.448 e. The quantitative estimate of drug-likeness (QED) is 0.379. The Balaban J connectivity index is 2.19. The second-order valence-corrected chi connectivity index (χ2v) is 11.7. The first-order valence-electron chi connectivity index (χ1n) is 7.63. The fraction of sp³-hybridized carbons (Fsp3) is 0.556. The van der Waals surface area contributed by atoms with Gasteiger partial charge in [-0.1, -0.05) is 26.8 Å². The van der Waals surface area contributed by atoms with Crippen molar-refractivity contribution in [1.82, 2.24) is 0 Å². The first kappa shape index (κ1) is 17.8. The molecule has 0 bridgehead atoms. The lowest BCUT2D eigenvalue weighted by Crippen LogP contribution is -2.40. The number of hydrogen-bond acceptors (Lipinski definition) is 2. The third-order valence-corrected chi connectivity index (χ3v) is 8.62. The fourth-order valence-electron chi connectivity index (χ4n) is 1.63. The van der Waals surface area contributed by atoms with Crippen LogP contribution < -0.4 is 0 Å². The summed E-state index contributed by atoms with van der Waals surface area (Å²) in [7, 11) is -1.58. The van der Waals surface area contributed by atoms with Crippen LogP contribution in [0.25, 0.3) is 6.08 Å². The molecule has 0 amide bonds. The number of allylic oxidation sites excluding steroid dienone is 1. The zero-order valence-electron chi connectivity index (χ0n) is 14.0. The van der Waals surface area contributed by atoms with Crippen molar-refractivity contribution in [2.75, 3.05) is 6.61 Å². The minimum absolute atomic E-state index is 0.293. The van der Waals surface area contributed by atoms with E-state index in [9.17, 15) is 0 Å². The topological polar surface area (TPSA) is 22.4 Å². The van der Waals surface area contributed by atoms with E-state index in [-0.39, 0.29) is 0 Å². The summed E-state index contributed by atoms with van der Waals surface area (Å²) < 4.78 is 11.6. The lowest BCUT2D eigenvalue weighted by Gasteiger charge is -2.36. The highest BCUT2D eigenvalue weighted by atomic mass is 28.4. The summed E-state index contributed by atoms with van der Waals surface area (Å²) in [5, 5.41) is 0.293. The lowest BCUT2D eigenvalue weighted by molar-refractivity contribution is 0.279. The second kappa shape index (κ2) is 7.68. The molecule has 0 unspecified atom stereocenters. The van der Waals surface area contributed by atoms with Gasteiger partial charge >= 0.3 is 0 Å². The number of hydrogen-bond donors (Lipinski definition) is 0. The number of terminal acetylenes is 1. The van der Waals surface area contributed by atoms with Crippen molar-refractivity contribution in [3.05, 3.63) is 29.7 Å². The summed E-state index contributed by atoms with van der Waals surface area (Å²) >= 11 is 0. The normalized spacial score (nSPS) is 12.8. The molecule has 0 saturated heterocycles. The summed E-state index contributed by atoms with van der Waals surface area (Å²) in [6.45, 7) is 12.3. The van der Waals surface area contributed by atoms with Crippen molar-refractivity contribution in [2.45, 2.75) is 58.2 Å². The van der Waals surface area contributed by atoms with Crippen LogP contribution in [0, 0.1) is 12.3 Å². The maximum atomic E-state index is 6.15. The maximum Gasteiger partial charge on any atom is 0.191 e. The molecule has 1 aromatic rings. The molecule has 1 rings (SSSR count). The molecule has 0 radical (unpaired) electrons. The van der Waals surface area contributed by atoms with Gasteiger partial charge in [-0.15, -0.1) is 6.42 Å². The van der Waals surface area contributed by atoms with Crippen LogP contribution >= 0.6 is 0 Å². The highest BCUT2D eigenvalue weighted by Gasteiger charge is 2.36. The van der Waals surface area contributed by atoms with Gasteiger partial charge in [-0.05, 0) is 61.5 Å². The van der Waals surface area contributed by atoms with Crippen LogP contribution in [-0.4, -0.2) is 14.9 Å². The first-order valence-corrected chi connectivity index (χ1v) is 10.5. The molecule has 116 valence electrons. The molecule has 0 aliphatic heterocycles. The molecule has 0 atom stereocenters. The van der Waals surface area contributed by atoms with E-state index in [1.54, 1.807) is 0 Å². The molecule has 0 saturated carbocycles. The molecule has 0 spiro atoms. The van der Waals surface area contributed by atoms with E-state index in [1.807, 2.05) is 18.2 Å². The van der Waals surface area contributed by atoms with Crippen molar-refractivity contribution in [3.8, 4) is 12.3 Å². The van der Waals surface area contributed by atoms with Gasteiger partial charge < -0.3 is 8.84 Å². The van der Waals surface area contributed by atoms with E-state index >= 15 is 0 Å². The van der Waals surface area contributed by atoms with Crippen LogP contribution in [0.15, 0.2) is 22.6 Å². The van der Waals surface area contributed by atoms with Gasteiger partial charge in [-0.3, -0.25) is 0 Å². The predicted octanol–water partition coefficient (Wildman–Crippen LogP) is 5.47. The highest BCUT2D eigenvalue weighted by Crippen LogP contribution is 2.36. The van der Waals surface area contributed by atoms with Gasteiger partial charge in [0.15, 0.2) is 14.1 Å². The largest absolute Gasteiger partial charge is 0.448 e. The van der Waals surface area contributed by atoms with Crippen LogP contribution in [0.2, 0.25) is 18.1 Å². The van der Waals surface area contributed by atoms with E-state index in [4.69, 9.17) is 15.3 Å². The molecule has 0 aromatic carbocycles.